The topological polar surface area (TPSA) is 89.7 Å². The maximum absolute atomic E-state index is 13.3. The molecule has 1 saturated carbocycles. The van der Waals surface area contributed by atoms with Crippen LogP contribution in [0.4, 0.5) is 26.3 Å². The minimum atomic E-state index is -4.74. The average molecular weight is 526 g/mol. The van der Waals surface area contributed by atoms with E-state index >= 15 is 0 Å². The number of nitrogens with zero attached hydrogens (tertiary/aromatic N) is 2. The van der Waals surface area contributed by atoms with Gasteiger partial charge in [-0.05, 0) is 37.5 Å². The lowest BCUT2D eigenvalue weighted by Crippen LogP contribution is -2.35. The van der Waals surface area contributed by atoms with E-state index in [0.29, 0.717) is 6.42 Å². The largest absolute Gasteiger partial charge is 0.480 e. The van der Waals surface area contributed by atoms with Gasteiger partial charge in [0.2, 0.25) is 5.76 Å². The second-order valence-corrected chi connectivity index (χ2v) is 11.0. The van der Waals surface area contributed by atoms with Crippen LogP contribution in [0, 0.1) is 5.92 Å². The molecule has 1 aliphatic carbocycles. The van der Waals surface area contributed by atoms with Crippen molar-refractivity contribution < 1.29 is 48.8 Å². The Morgan fingerprint density at radius 2 is 1.94 bits per heavy atom. The Hall–Kier alpha value is -2.77. The number of likely N-dealkylation sites (tertiary alicyclic amines) is 1. The number of hydrogen-bond acceptors (Lipinski definition) is 6. The van der Waals surface area contributed by atoms with Crippen LogP contribution in [0.15, 0.2) is 33.7 Å². The first-order chi connectivity index (χ1) is 16.1. The van der Waals surface area contributed by atoms with Gasteiger partial charge in [-0.25, -0.2) is 8.42 Å². The van der Waals surface area contributed by atoms with Crippen LogP contribution >= 0.6 is 0 Å². The molecule has 1 aromatic carbocycles. The molecule has 0 N–H and O–H groups in total. The van der Waals surface area contributed by atoms with Crippen LogP contribution < -0.4 is 4.74 Å². The Balaban J connectivity index is 1.64. The van der Waals surface area contributed by atoms with Crippen LogP contribution in [-0.4, -0.2) is 55.5 Å². The summed E-state index contributed by atoms with van der Waals surface area (Å²) < 4.78 is 112. The molecule has 1 amide bonds. The molecule has 7 nitrogen and oxygen atoms in total. The molecule has 2 aromatic rings. The standard InChI is InChI=1S/C21H20F6N2O5S/c1-3-35(31,32)13-4-5-15(33-11(2)20(22,23)24)14(6-13)18(30)29-9-12-8-19(12,10-29)16-7-17(34-28-16)21(25,26)27/h4-7,11-12H,3,8-10H2,1-2H3. The molecule has 2 aliphatic rings. The smallest absolute Gasteiger partial charge is 0.452 e. The van der Waals surface area contributed by atoms with Crippen molar-refractivity contribution in [2.24, 2.45) is 5.92 Å². The quantitative estimate of drug-likeness (QED) is 0.524. The molecule has 3 unspecified atom stereocenters. The van der Waals surface area contributed by atoms with Gasteiger partial charge in [-0.3, -0.25) is 4.79 Å². The third-order valence-electron chi connectivity index (χ3n) is 6.42. The minimum Gasteiger partial charge on any atom is -0.480 e. The first-order valence-corrected chi connectivity index (χ1v) is 12.2. The third kappa shape index (κ3) is 4.59. The van der Waals surface area contributed by atoms with Gasteiger partial charge in [-0.2, -0.15) is 26.3 Å². The number of alkyl halides is 6. The van der Waals surface area contributed by atoms with Gasteiger partial charge in [-0.15, -0.1) is 0 Å². The molecule has 1 aliphatic heterocycles. The zero-order chi connectivity index (χ0) is 26.0. The third-order valence-corrected chi connectivity index (χ3v) is 8.15. The Kier molecular flexibility index (Phi) is 5.89. The van der Waals surface area contributed by atoms with Crippen molar-refractivity contribution in [2.45, 2.75) is 49.0 Å². The van der Waals surface area contributed by atoms with Crippen molar-refractivity contribution in [3.8, 4) is 5.75 Å². The van der Waals surface area contributed by atoms with Crippen LogP contribution in [0.1, 0.15) is 42.1 Å². The average Bonchev–Trinajstić information content (AvgIpc) is 3.13. The number of carbonyl (C=O) groups is 1. The Morgan fingerprint density at radius 1 is 1.26 bits per heavy atom. The number of ether oxygens (including phenoxy) is 1. The van der Waals surface area contributed by atoms with E-state index in [1.807, 2.05) is 0 Å². The van der Waals surface area contributed by atoms with Gasteiger partial charge in [0.05, 0.1) is 21.9 Å². The van der Waals surface area contributed by atoms with Gasteiger partial charge in [0.15, 0.2) is 15.9 Å². The molecular formula is C21H20F6N2O5S. The lowest BCUT2D eigenvalue weighted by atomic mass is 10.0. The summed E-state index contributed by atoms with van der Waals surface area (Å²) in [4.78, 5) is 14.3. The minimum absolute atomic E-state index is 0.0367. The highest BCUT2D eigenvalue weighted by Crippen LogP contribution is 2.59. The summed E-state index contributed by atoms with van der Waals surface area (Å²) in [6.45, 7) is 2.16. The van der Waals surface area contributed by atoms with Crippen molar-refractivity contribution in [3.05, 3.63) is 41.3 Å². The van der Waals surface area contributed by atoms with E-state index in [-0.39, 0.29) is 40.9 Å². The summed E-state index contributed by atoms with van der Waals surface area (Å²) in [5.41, 5.74) is -1.21. The van der Waals surface area contributed by atoms with Crippen molar-refractivity contribution in [1.82, 2.24) is 10.1 Å². The molecule has 4 rings (SSSR count). The molecule has 0 radical (unpaired) electrons. The molecule has 35 heavy (non-hydrogen) atoms. The fourth-order valence-electron chi connectivity index (χ4n) is 4.24. The molecule has 0 bridgehead atoms. The number of benzene rings is 1. The maximum Gasteiger partial charge on any atom is 0.452 e. The molecule has 1 aromatic heterocycles. The molecule has 2 heterocycles. The van der Waals surface area contributed by atoms with E-state index in [9.17, 15) is 39.6 Å². The first kappa shape index (κ1) is 25.3. The van der Waals surface area contributed by atoms with Crippen molar-refractivity contribution in [1.29, 1.82) is 0 Å². The van der Waals surface area contributed by atoms with Gasteiger partial charge in [0.25, 0.3) is 5.91 Å². The normalized spacial score (nSPS) is 23.2. The number of sulfone groups is 1. The highest BCUT2D eigenvalue weighted by molar-refractivity contribution is 7.91. The number of aromatic nitrogens is 1. The van der Waals surface area contributed by atoms with Gasteiger partial charge in [0.1, 0.15) is 5.75 Å². The van der Waals surface area contributed by atoms with E-state index in [1.165, 1.54) is 11.8 Å². The zero-order valence-corrected chi connectivity index (χ0v) is 19.2. The fourth-order valence-corrected chi connectivity index (χ4v) is 5.15. The number of hydrogen-bond donors (Lipinski definition) is 0. The first-order valence-electron chi connectivity index (χ1n) is 10.5. The van der Waals surface area contributed by atoms with Gasteiger partial charge >= 0.3 is 12.4 Å². The maximum atomic E-state index is 13.3. The van der Waals surface area contributed by atoms with E-state index < -0.39 is 51.1 Å². The summed E-state index contributed by atoms with van der Waals surface area (Å²) in [5.74, 6) is -3.05. The van der Waals surface area contributed by atoms with Crippen LogP contribution in [0.2, 0.25) is 0 Å². The number of halogens is 6. The summed E-state index contributed by atoms with van der Waals surface area (Å²) in [7, 11) is -3.80. The molecule has 14 heteroatoms. The number of piperidine rings is 1. The molecule has 0 spiro atoms. The molecule has 2 fully saturated rings. The Bertz CT molecular complexity index is 1260. The molecule has 192 valence electrons. The van der Waals surface area contributed by atoms with E-state index in [0.717, 1.165) is 31.2 Å². The lowest BCUT2D eigenvalue weighted by molar-refractivity contribution is -0.189. The summed E-state index contributed by atoms with van der Waals surface area (Å²) in [5, 5.41) is 3.52. The van der Waals surface area contributed by atoms with Crippen LogP contribution in [0.5, 0.6) is 5.75 Å². The zero-order valence-electron chi connectivity index (χ0n) is 18.4. The van der Waals surface area contributed by atoms with Crippen molar-refractivity contribution in [2.75, 3.05) is 18.8 Å². The SMILES string of the molecule is CCS(=O)(=O)c1ccc(OC(C)C(F)(F)F)c(C(=O)N2CC3CC3(c3cc(C(F)(F)F)on3)C2)c1. The number of fused-ring (bicyclic) bond motifs is 1. The van der Waals surface area contributed by atoms with E-state index in [4.69, 9.17) is 4.74 Å². The van der Waals surface area contributed by atoms with Crippen molar-refractivity contribution >= 4 is 15.7 Å². The predicted octanol–water partition coefficient (Wildman–Crippen LogP) is 4.23. The Labute approximate surface area is 195 Å². The highest BCUT2D eigenvalue weighted by Gasteiger charge is 2.64. The second kappa shape index (κ2) is 8.14. The highest BCUT2D eigenvalue weighted by atomic mass is 32.2. The van der Waals surface area contributed by atoms with Gasteiger partial charge in [0, 0.05) is 24.6 Å². The summed E-state index contributed by atoms with van der Waals surface area (Å²) in [6, 6.07) is 3.80. The van der Waals surface area contributed by atoms with E-state index in [1.54, 1.807) is 0 Å². The molecule has 3 atom stereocenters. The van der Waals surface area contributed by atoms with Gasteiger partial charge in [-0.1, -0.05) is 12.1 Å². The summed E-state index contributed by atoms with van der Waals surface area (Å²) in [6.07, 6.45) is -11.3. The monoisotopic (exact) mass is 526 g/mol. The second-order valence-electron chi connectivity index (χ2n) is 8.68. The number of rotatable bonds is 6. The molecular weight excluding hydrogens is 506 g/mol. The van der Waals surface area contributed by atoms with Gasteiger partial charge < -0.3 is 14.2 Å². The summed E-state index contributed by atoms with van der Waals surface area (Å²) >= 11 is 0. The van der Waals surface area contributed by atoms with Crippen molar-refractivity contribution in [3.63, 3.8) is 0 Å². The fraction of sp³-hybridized carbons (Fsp3) is 0.524. The lowest BCUT2D eigenvalue weighted by Gasteiger charge is -2.24. The Morgan fingerprint density at radius 3 is 2.51 bits per heavy atom. The predicted molar refractivity (Wildman–Crippen MR) is 108 cm³/mol. The van der Waals surface area contributed by atoms with E-state index in [2.05, 4.69) is 9.68 Å². The van der Waals surface area contributed by atoms with Crippen LogP contribution in [0.25, 0.3) is 0 Å². The number of amides is 1. The van der Waals surface area contributed by atoms with Crippen LogP contribution in [0.3, 0.4) is 0 Å². The number of carbonyl (C=O) groups excluding carboxylic acids is 1. The molecule has 1 saturated heterocycles. The van der Waals surface area contributed by atoms with Crippen LogP contribution in [-0.2, 0) is 21.4 Å².